The van der Waals surface area contributed by atoms with E-state index in [9.17, 15) is 13.2 Å². The van der Waals surface area contributed by atoms with Gasteiger partial charge in [-0.3, -0.25) is 0 Å². The van der Waals surface area contributed by atoms with Gasteiger partial charge in [0.1, 0.15) is 0 Å². The fraction of sp³-hybridized carbons (Fsp3) is 0.562. The summed E-state index contributed by atoms with van der Waals surface area (Å²) in [7, 11) is 5.52. The Balaban J connectivity index is 0.00000312. The Hall–Kier alpha value is -1.23. The van der Waals surface area contributed by atoms with Gasteiger partial charge in [-0.15, -0.1) is 24.0 Å². The summed E-state index contributed by atoms with van der Waals surface area (Å²) in [4.78, 5) is 10.1. The first-order valence-corrected chi connectivity index (χ1v) is 7.79. The van der Waals surface area contributed by atoms with Crippen molar-refractivity contribution in [1.29, 1.82) is 0 Å². The van der Waals surface area contributed by atoms with E-state index in [0.717, 1.165) is 37.9 Å². The summed E-state index contributed by atoms with van der Waals surface area (Å²) in [6, 6.07) is 3.86. The van der Waals surface area contributed by atoms with Gasteiger partial charge in [0.25, 0.3) is 0 Å². The van der Waals surface area contributed by atoms with Gasteiger partial charge in [0.2, 0.25) is 0 Å². The van der Waals surface area contributed by atoms with Gasteiger partial charge in [-0.2, -0.15) is 13.2 Å². The number of aliphatic imine (C=N–C) groups is 1. The summed E-state index contributed by atoms with van der Waals surface area (Å²) in [5, 5.41) is 0. The van der Waals surface area contributed by atoms with Crippen molar-refractivity contribution in [1.82, 2.24) is 9.80 Å². The van der Waals surface area contributed by atoms with Crippen molar-refractivity contribution in [2.75, 3.05) is 52.2 Å². The number of nitrogens with zero attached hydrogens (tertiary/aromatic N) is 4. The van der Waals surface area contributed by atoms with Crippen LogP contribution in [0.5, 0.6) is 0 Å². The van der Waals surface area contributed by atoms with E-state index in [0.29, 0.717) is 5.56 Å². The highest BCUT2D eigenvalue weighted by atomic mass is 127. The molecule has 142 valence electrons. The molecule has 9 heteroatoms. The van der Waals surface area contributed by atoms with Crippen LogP contribution in [0.1, 0.15) is 11.1 Å². The van der Waals surface area contributed by atoms with Gasteiger partial charge in [-0.25, -0.2) is 4.99 Å². The fourth-order valence-corrected chi connectivity index (χ4v) is 2.55. The van der Waals surface area contributed by atoms with E-state index in [1.54, 1.807) is 25.1 Å². The van der Waals surface area contributed by atoms with Gasteiger partial charge >= 0.3 is 6.18 Å². The SMILES string of the molecule is CN1CCN(c2ccc(C(F)(F)F)cc2CN=C(N)N(C)C)CC1.I. The number of guanidine groups is 1. The number of likely N-dealkylation sites (N-methyl/N-ethyl adjacent to an activating group) is 1. The molecule has 0 bridgehead atoms. The van der Waals surface area contributed by atoms with E-state index in [1.807, 2.05) is 7.05 Å². The van der Waals surface area contributed by atoms with Crippen LogP contribution in [0, 0.1) is 0 Å². The lowest BCUT2D eigenvalue weighted by Crippen LogP contribution is -2.44. The summed E-state index contributed by atoms with van der Waals surface area (Å²) in [5.41, 5.74) is 6.45. The normalized spacial score (nSPS) is 16.6. The molecule has 0 atom stereocenters. The first-order chi connectivity index (χ1) is 11.2. The maximum Gasteiger partial charge on any atom is 0.416 e. The van der Waals surface area contributed by atoms with Gasteiger partial charge in [0, 0.05) is 46.0 Å². The second kappa shape index (κ2) is 8.93. The highest BCUT2D eigenvalue weighted by Gasteiger charge is 2.31. The molecule has 0 aromatic heterocycles. The summed E-state index contributed by atoms with van der Waals surface area (Å²) in [6.07, 6.45) is -4.37. The summed E-state index contributed by atoms with van der Waals surface area (Å²) >= 11 is 0. The van der Waals surface area contributed by atoms with E-state index in [4.69, 9.17) is 5.73 Å². The molecule has 1 saturated heterocycles. The smallest absolute Gasteiger partial charge is 0.370 e. The first kappa shape index (κ1) is 21.8. The number of halogens is 4. The Labute approximate surface area is 163 Å². The number of hydrogen-bond acceptors (Lipinski definition) is 3. The van der Waals surface area contributed by atoms with Crippen molar-refractivity contribution >= 4 is 35.6 Å². The average molecular weight is 471 g/mol. The quantitative estimate of drug-likeness (QED) is 0.418. The Kier molecular flexibility index (Phi) is 7.79. The van der Waals surface area contributed by atoms with Crippen LogP contribution in [0.15, 0.2) is 23.2 Å². The van der Waals surface area contributed by atoms with E-state index < -0.39 is 11.7 Å². The minimum atomic E-state index is -4.37. The predicted molar refractivity (Wildman–Crippen MR) is 106 cm³/mol. The van der Waals surface area contributed by atoms with Crippen LogP contribution in [-0.2, 0) is 12.7 Å². The van der Waals surface area contributed by atoms with Gasteiger partial charge < -0.3 is 20.4 Å². The Morgan fingerprint density at radius 1 is 1.20 bits per heavy atom. The first-order valence-electron chi connectivity index (χ1n) is 7.79. The summed E-state index contributed by atoms with van der Waals surface area (Å²) in [5.74, 6) is 0.289. The molecule has 0 amide bonds. The molecule has 0 unspecified atom stereocenters. The van der Waals surface area contributed by atoms with Crippen molar-refractivity contribution in [3.63, 3.8) is 0 Å². The lowest BCUT2D eigenvalue weighted by molar-refractivity contribution is -0.137. The van der Waals surface area contributed by atoms with Gasteiger partial charge in [-0.1, -0.05) is 0 Å². The monoisotopic (exact) mass is 471 g/mol. The van der Waals surface area contributed by atoms with Crippen LogP contribution >= 0.6 is 24.0 Å². The molecule has 1 fully saturated rings. The molecule has 1 aliphatic heterocycles. The molecular weight excluding hydrogens is 446 g/mol. The molecule has 1 heterocycles. The zero-order valence-electron chi connectivity index (χ0n) is 14.7. The Morgan fingerprint density at radius 2 is 1.80 bits per heavy atom. The highest BCUT2D eigenvalue weighted by Crippen LogP contribution is 2.33. The Bertz CT molecular complexity index is 596. The lowest BCUT2D eigenvalue weighted by atomic mass is 10.1. The number of hydrogen-bond donors (Lipinski definition) is 1. The van der Waals surface area contributed by atoms with Crippen LogP contribution in [0.3, 0.4) is 0 Å². The Morgan fingerprint density at radius 3 is 2.32 bits per heavy atom. The van der Waals surface area contributed by atoms with Crippen LogP contribution in [-0.4, -0.2) is 63.1 Å². The van der Waals surface area contributed by atoms with Crippen LogP contribution in [0.2, 0.25) is 0 Å². The molecule has 1 aliphatic rings. The van der Waals surface area contributed by atoms with Crippen molar-refractivity contribution in [3.8, 4) is 0 Å². The van der Waals surface area contributed by atoms with E-state index in [-0.39, 0.29) is 36.5 Å². The molecular formula is C16H25F3IN5. The second-order valence-corrected chi connectivity index (χ2v) is 6.20. The number of rotatable bonds is 3. The van der Waals surface area contributed by atoms with E-state index in [1.165, 1.54) is 6.07 Å². The molecule has 0 spiro atoms. The third-order valence-corrected chi connectivity index (χ3v) is 4.12. The van der Waals surface area contributed by atoms with Crippen molar-refractivity contribution in [2.24, 2.45) is 10.7 Å². The molecule has 0 radical (unpaired) electrons. The maximum absolute atomic E-state index is 13.0. The van der Waals surface area contributed by atoms with Crippen LogP contribution < -0.4 is 10.6 Å². The molecule has 0 aliphatic carbocycles. The van der Waals surface area contributed by atoms with Crippen molar-refractivity contribution in [2.45, 2.75) is 12.7 Å². The molecule has 1 aromatic carbocycles. The average Bonchev–Trinajstić information content (AvgIpc) is 2.52. The number of anilines is 1. The lowest BCUT2D eigenvalue weighted by Gasteiger charge is -2.35. The van der Waals surface area contributed by atoms with Gasteiger partial charge in [0.15, 0.2) is 5.96 Å². The molecule has 0 saturated carbocycles. The third-order valence-electron chi connectivity index (χ3n) is 4.12. The van der Waals surface area contributed by atoms with E-state index in [2.05, 4.69) is 14.8 Å². The number of benzene rings is 1. The largest absolute Gasteiger partial charge is 0.416 e. The summed E-state index contributed by atoms with van der Waals surface area (Å²) in [6.45, 7) is 3.44. The maximum atomic E-state index is 13.0. The topological polar surface area (TPSA) is 48.1 Å². The number of alkyl halides is 3. The highest BCUT2D eigenvalue weighted by molar-refractivity contribution is 14.0. The van der Waals surface area contributed by atoms with Crippen molar-refractivity contribution in [3.05, 3.63) is 29.3 Å². The number of piperazine rings is 1. The molecule has 2 rings (SSSR count). The molecule has 5 nitrogen and oxygen atoms in total. The van der Waals surface area contributed by atoms with Gasteiger partial charge in [-0.05, 0) is 30.8 Å². The molecule has 2 N–H and O–H groups in total. The summed E-state index contributed by atoms with van der Waals surface area (Å²) < 4.78 is 39.1. The fourth-order valence-electron chi connectivity index (χ4n) is 2.55. The van der Waals surface area contributed by atoms with Gasteiger partial charge in [0.05, 0.1) is 12.1 Å². The minimum absolute atomic E-state index is 0. The zero-order chi connectivity index (χ0) is 17.9. The van der Waals surface area contributed by atoms with Crippen LogP contribution in [0.4, 0.5) is 18.9 Å². The van der Waals surface area contributed by atoms with Crippen molar-refractivity contribution < 1.29 is 13.2 Å². The number of nitrogens with two attached hydrogens (primary N) is 1. The zero-order valence-corrected chi connectivity index (χ0v) is 17.0. The predicted octanol–water partition coefficient (Wildman–Crippen LogP) is 2.45. The third kappa shape index (κ3) is 5.91. The van der Waals surface area contributed by atoms with Crippen LogP contribution in [0.25, 0.3) is 0 Å². The molecule has 1 aromatic rings. The molecule has 25 heavy (non-hydrogen) atoms. The van der Waals surface area contributed by atoms with E-state index >= 15 is 0 Å². The standard InChI is InChI=1S/C16H24F3N5.HI/c1-22(2)15(20)21-11-12-10-13(16(17,18)19)4-5-14(12)24-8-6-23(3)7-9-24;/h4-5,10H,6-9,11H2,1-3H3,(H2,20,21);1H. The second-order valence-electron chi connectivity index (χ2n) is 6.20. The minimum Gasteiger partial charge on any atom is -0.370 e.